The van der Waals surface area contributed by atoms with Gasteiger partial charge in [0.1, 0.15) is 6.04 Å². The molecular formula is C19H16N4O2S. The molecule has 0 saturated carbocycles. The van der Waals surface area contributed by atoms with Crippen LogP contribution in [0.15, 0.2) is 60.9 Å². The van der Waals surface area contributed by atoms with Gasteiger partial charge in [0.25, 0.3) is 0 Å². The van der Waals surface area contributed by atoms with Gasteiger partial charge in [-0.3, -0.25) is 4.98 Å². The maximum atomic E-state index is 5.68. The van der Waals surface area contributed by atoms with Crippen molar-refractivity contribution >= 4 is 23.0 Å². The summed E-state index contributed by atoms with van der Waals surface area (Å²) in [5.41, 5.74) is 2.95. The molecule has 2 N–H and O–H groups in total. The standard InChI is InChI=1S/C19H16N4O2S/c26-19-22-17(13-4-1-2-8-20-13)18(14-5-3-9-21-14)23(19)12-6-7-15-16(10-12)25-11-24-15/h1-10,17-18,21H,11H2,(H,22,26)/t17-,18-/m1/s1. The normalized spacial score (nSPS) is 21.1. The third-order valence-electron chi connectivity index (χ3n) is 4.67. The van der Waals surface area contributed by atoms with Gasteiger partial charge in [-0.25, -0.2) is 0 Å². The molecule has 5 rings (SSSR count). The molecule has 6 nitrogen and oxygen atoms in total. The van der Waals surface area contributed by atoms with Crippen molar-refractivity contribution in [2.24, 2.45) is 0 Å². The predicted molar refractivity (Wildman–Crippen MR) is 101 cm³/mol. The number of hydrogen-bond acceptors (Lipinski definition) is 4. The fourth-order valence-electron chi connectivity index (χ4n) is 3.51. The molecule has 0 bridgehead atoms. The number of pyridine rings is 1. The van der Waals surface area contributed by atoms with E-state index in [1.165, 1.54) is 0 Å². The van der Waals surface area contributed by atoms with E-state index in [-0.39, 0.29) is 18.9 Å². The molecule has 2 atom stereocenters. The van der Waals surface area contributed by atoms with Crippen LogP contribution in [0.5, 0.6) is 11.5 Å². The average Bonchev–Trinajstić information content (AvgIpc) is 3.41. The number of nitrogens with one attached hydrogen (secondary N) is 2. The average molecular weight is 364 g/mol. The largest absolute Gasteiger partial charge is 0.454 e. The molecule has 3 aromatic rings. The van der Waals surface area contributed by atoms with Gasteiger partial charge >= 0.3 is 0 Å². The monoisotopic (exact) mass is 364 g/mol. The number of aromatic nitrogens is 2. The van der Waals surface area contributed by atoms with E-state index in [1.807, 2.05) is 48.7 Å². The number of ether oxygens (including phenoxy) is 2. The molecule has 0 unspecified atom stereocenters. The van der Waals surface area contributed by atoms with E-state index in [9.17, 15) is 0 Å². The van der Waals surface area contributed by atoms with Gasteiger partial charge in [-0.2, -0.15) is 0 Å². The first-order valence-electron chi connectivity index (χ1n) is 8.35. The summed E-state index contributed by atoms with van der Waals surface area (Å²) in [6, 6.07) is 15.7. The minimum Gasteiger partial charge on any atom is -0.454 e. The highest BCUT2D eigenvalue weighted by atomic mass is 32.1. The lowest BCUT2D eigenvalue weighted by Gasteiger charge is -2.27. The first kappa shape index (κ1) is 15.2. The minimum absolute atomic E-state index is 0.0484. The van der Waals surface area contributed by atoms with Crippen molar-refractivity contribution in [2.45, 2.75) is 12.1 Å². The van der Waals surface area contributed by atoms with Gasteiger partial charge in [-0.1, -0.05) is 6.07 Å². The highest BCUT2D eigenvalue weighted by Crippen LogP contribution is 2.43. The minimum atomic E-state index is -0.0622. The topological polar surface area (TPSA) is 62.4 Å². The Morgan fingerprint density at radius 3 is 2.81 bits per heavy atom. The number of nitrogens with zero attached hydrogens (tertiary/aromatic N) is 2. The number of hydrogen-bond donors (Lipinski definition) is 2. The molecule has 7 heteroatoms. The molecule has 2 aliphatic rings. The predicted octanol–water partition coefficient (Wildman–Crippen LogP) is 3.32. The Bertz CT molecular complexity index is 945. The summed E-state index contributed by atoms with van der Waals surface area (Å²) in [6.45, 7) is 0.248. The number of thiocarbonyl (C=S) groups is 1. The third kappa shape index (κ3) is 2.40. The number of fused-ring (bicyclic) bond motifs is 1. The Hall–Kier alpha value is -3.06. The maximum Gasteiger partial charge on any atom is 0.231 e. The zero-order valence-corrected chi connectivity index (χ0v) is 14.6. The van der Waals surface area contributed by atoms with Crippen LogP contribution in [-0.2, 0) is 0 Å². The van der Waals surface area contributed by atoms with Crippen molar-refractivity contribution < 1.29 is 9.47 Å². The van der Waals surface area contributed by atoms with Gasteiger partial charge in [0.05, 0.1) is 11.7 Å². The fourth-order valence-corrected chi connectivity index (χ4v) is 3.86. The van der Waals surface area contributed by atoms with Crippen molar-refractivity contribution in [3.63, 3.8) is 0 Å². The smallest absolute Gasteiger partial charge is 0.231 e. The second kappa shape index (κ2) is 6.03. The second-order valence-electron chi connectivity index (χ2n) is 6.16. The zero-order valence-electron chi connectivity index (χ0n) is 13.8. The van der Waals surface area contributed by atoms with Crippen LogP contribution in [0.2, 0.25) is 0 Å². The first-order chi connectivity index (χ1) is 12.8. The Kier molecular flexibility index (Phi) is 3.53. The molecule has 1 fully saturated rings. The van der Waals surface area contributed by atoms with Crippen LogP contribution in [0.1, 0.15) is 23.5 Å². The van der Waals surface area contributed by atoms with Gasteiger partial charge in [-0.05, 0) is 48.6 Å². The van der Waals surface area contributed by atoms with Gasteiger partial charge in [-0.15, -0.1) is 0 Å². The molecule has 0 aliphatic carbocycles. The Balaban J connectivity index is 1.60. The van der Waals surface area contributed by atoms with Crippen LogP contribution in [0.3, 0.4) is 0 Å². The molecule has 2 aliphatic heterocycles. The highest BCUT2D eigenvalue weighted by Gasteiger charge is 2.41. The summed E-state index contributed by atoms with van der Waals surface area (Å²) in [6.07, 6.45) is 3.72. The van der Waals surface area contributed by atoms with Crippen molar-refractivity contribution in [1.29, 1.82) is 0 Å². The van der Waals surface area contributed by atoms with E-state index >= 15 is 0 Å². The van der Waals surface area contributed by atoms with Crippen molar-refractivity contribution in [2.75, 3.05) is 11.7 Å². The van der Waals surface area contributed by atoms with Crippen LogP contribution in [0.25, 0.3) is 0 Å². The van der Waals surface area contributed by atoms with E-state index in [4.69, 9.17) is 21.7 Å². The van der Waals surface area contributed by atoms with Gasteiger partial charge in [0.2, 0.25) is 6.79 Å². The number of H-pyrrole nitrogens is 1. The summed E-state index contributed by atoms with van der Waals surface area (Å²) in [5, 5.41) is 4.08. The van der Waals surface area contributed by atoms with E-state index in [0.29, 0.717) is 5.11 Å². The Labute approximate surface area is 155 Å². The summed E-state index contributed by atoms with van der Waals surface area (Å²) in [4.78, 5) is 9.96. The van der Waals surface area contributed by atoms with Crippen LogP contribution < -0.4 is 19.7 Å². The Morgan fingerprint density at radius 1 is 1.08 bits per heavy atom. The molecule has 0 spiro atoms. The van der Waals surface area contributed by atoms with Crippen LogP contribution >= 0.6 is 12.2 Å². The molecule has 26 heavy (non-hydrogen) atoms. The summed E-state index contributed by atoms with van der Waals surface area (Å²) < 4.78 is 11.0. The number of aromatic amines is 1. The van der Waals surface area contributed by atoms with Crippen LogP contribution in [0.4, 0.5) is 5.69 Å². The van der Waals surface area contributed by atoms with Crippen molar-refractivity contribution in [3.8, 4) is 11.5 Å². The van der Waals surface area contributed by atoms with E-state index < -0.39 is 0 Å². The van der Waals surface area contributed by atoms with Crippen LogP contribution in [-0.4, -0.2) is 21.9 Å². The number of rotatable bonds is 3. The van der Waals surface area contributed by atoms with Crippen LogP contribution in [0, 0.1) is 0 Å². The highest BCUT2D eigenvalue weighted by molar-refractivity contribution is 7.80. The van der Waals surface area contributed by atoms with Crippen molar-refractivity contribution in [3.05, 3.63) is 72.3 Å². The SMILES string of the molecule is S=C1N[C@H](c2ccccn2)[C@@H](c2ccc[nH]2)N1c1ccc2c(c1)OCO2. The molecule has 1 saturated heterocycles. The third-order valence-corrected chi connectivity index (χ3v) is 4.99. The van der Waals surface area contributed by atoms with E-state index in [2.05, 4.69) is 26.3 Å². The molecule has 4 heterocycles. The quantitative estimate of drug-likeness (QED) is 0.695. The molecule has 0 radical (unpaired) electrons. The number of benzene rings is 1. The number of anilines is 1. The molecule has 0 amide bonds. The first-order valence-corrected chi connectivity index (χ1v) is 8.76. The van der Waals surface area contributed by atoms with Gasteiger partial charge in [0, 0.05) is 29.8 Å². The second-order valence-corrected chi connectivity index (χ2v) is 6.55. The molecule has 2 aromatic heterocycles. The Morgan fingerprint density at radius 2 is 2.00 bits per heavy atom. The van der Waals surface area contributed by atoms with E-state index in [1.54, 1.807) is 6.20 Å². The molecular weight excluding hydrogens is 348 g/mol. The summed E-state index contributed by atoms with van der Waals surface area (Å²) >= 11 is 5.68. The lowest BCUT2D eigenvalue weighted by Crippen LogP contribution is -2.29. The van der Waals surface area contributed by atoms with Gasteiger partial charge in [0.15, 0.2) is 16.6 Å². The summed E-state index contributed by atoms with van der Waals surface area (Å²) in [7, 11) is 0. The molecule has 1 aromatic carbocycles. The summed E-state index contributed by atoms with van der Waals surface area (Å²) in [5.74, 6) is 1.49. The maximum absolute atomic E-state index is 5.68. The van der Waals surface area contributed by atoms with Gasteiger partial charge < -0.3 is 24.7 Å². The molecule has 130 valence electrons. The lowest BCUT2D eigenvalue weighted by atomic mass is 10.0. The van der Waals surface area contributed by atoms with E-state index in [0.717, 1.165) is 28.6 Å². The lowest BCUT2D eigenvalue weighted by molar-refractivity contribution is 0.174. The fraction of sp³-hybridized carbons (Fsp3) is 0.158. The van der Waals surface area contributed by atoms with Crippen molar-refractivity contribution in [1.82, 2.24) is 15.3 Å². The zero-order chi connectivity index (χ0) is 17.5.